The molecular formula is C20H40I2N4O2. The van der Waals surface area contributed by atoms with Gasteiger partial charge in [-0.15, -0.1) is 0 Å². The zero-order valence-corrected chi connectivity index (χ0v) is 22.1. The summed E-state index contributed by atoms with van der Waals surface area (Å²) in [4.78, 5) is 24.1. The normalized spacial score (nSPS) is 21.1. The van der Waals surface area contributed by atoms with Crippen molar-refractivity contribution in [3.8, 4) is 0 Å². The minimum absolute atomic E-state index is 0. The number of amides is 2. The van der Waals surface area contributed by atoms with Crippen molar-refractivity contribution < 1.29 is 66.5 Å². The van der Waals surface area contributed by atoms with E-state index in [0.717, 1.165) is 22.1 Å². The van der Waals surface area contributed by atoms with Crippen molar-refractivity contribution in [2.45, 2.75) is 51.4 Å². The van der Waals surface area contributed by atoms with E-state index < -0.39 is 11.8 Å². The molecule has 28 heavy (non-hydrogen) atoms. The highest BCUT2D eigenvalue weighted by Crippen LogP contribution is 2.16. The van der Waals surface area contributed by atoms with Crippen molar-refractivity contribution >= 4 is 11.8 Å². The fourth-order valence-electron chi connectivity index (χ4n) is 4.39. The van der Waals surface area contributed by atoms with Crippen LogP contribution in [0.4, 0.5) is 0 Å². The second kappa shape index (κ2) is 14.3. The lowest BCUT2D eigenvalue weighted by molar-refractivity contribution is -0.907. The molecule has 2 N–H and O–H groups in total. The Balaban J connectivity index is 0.00000364. The number of nitrogens with zero attached hydrogens (tertiary/aromatic N) is 2. The third kappa shape index (κ3) is 10.4. The summed E-state index contributed by atoms with van der Waals surface area (Å²) in [5, 5.41) is 5.62. The van der Waals surface area contributed by atoms with Gasteiger partial charge in [0.05, 0.1) is 66.5 Å². The first kappa shape index (κ1) is 28.3. The van der Waals surface area contributed by atoms with Gasteiger partial charge in [0, 0.05) is 0 Å². The molecule has 0 aliphatic carbocycles. The summed E-state index contributed by atoms with van der Waals surface area (Å²) >= 11 is 0. The number of nitrogens with one attached hydrogen (secondary N) is 2. The number of hydrogen-bond acceptors (Lipinski definition) is 2. The summed E-state index contributed by atoms with van der Waals surface area (Å²) in [6.45, 7) is 7.70. The molecule has 2 aliphatic rings. The van der Waals surface area contributed by atoms with Crippen molar-refractivity contribution in [1.82, 2.24) is 10.6 Å². The molecule has 8 heteroatoms. The average Bonchev–Trinajstić information content (AvgIpc) is 2.95. The van der Waals surface area contributed by atoms with Gasteiger partial charge < -0.3 is 67.6 Å². The molecule has 0 aromatic rings. The standard InChI is InChI=1S/C20H38N4O2.2HI/c1-23(13-7-3-4-8-14-23)17-11-21-19(25)20(26)22-12-18-24(2)15-9-5-6-10-16-24;;/h3-18H2,1-2H3;2*1H. The van der Waals surface area contributed by atoms with Crippen LogP contribution in [0.25, 0.3) is 0 Å². The van der Waals surface area contributed by atoms with Gasteiger partial charge in [-0.1, -0.05) is 0 Å². The zero-order chi connectivity index (χ0) is 18.9. The predicted octanol–water partition coefficient (Wildman–Crippen LogP) is -4.73. The maximum atomic E-state index is 12.0. The maximum absolute atomic E-state index is 12.0. The highest BCUT2D eigenvalue weighted by atomic mass is 127. The van der Waals surface area contributed by atoms with Gasteiger partial charge in [0.1, 0.15) is 0 Å². The second-order valence-electron chi connectivity index (χ2n) is 8.92. The summed E-state index contributed by atoms with van der Waals surface area (Å²) in [5.74, 6) is -0.963. The fraction of sp³-hybridized carbons (Fsp3) is 0.900. The van der Waals surface area contributed by atoms with Crippen LogP contribution >= 0.6 is 0 Å². The molecule has 0 unspecified atom stereocenters. The molecule has 0 aromatic carbocycles. The topological polar surface area (TPSA) is 58.2 Å². The van der Waals surface area contributed by atoms with Gasteiger partial charge >= 0.3 is 11.8 Å². The first-order valence-electron chi connectivity index (χ1n) is 10.7. The largest absolute Gasteiger partial charge is 1.00 e. The van der Waals surface area contributed by atoms with Crippen LogP contribution in [0.3, 0.4) is 0 Å². The SMILES string of the molecule is C[N+]1(CCNC(=O)C(=O)NCC[N+]2(C)CCCCCC2)CCCCCC1.[I-].[I-]. The lowest BCUT2D eigenvalue weighted by Gasteiger charge is -2.33. The number of carbonyl (C=O) groups is 2. The molecular weight excluding hydrogens is 582 g/mol. The number of carbonyl (C=O) groups excluding carboxylic acids is 2. The third-order valence-corrected chi connectivity index (χ3v) is 6.37. The highest BCUT2D eigenvalue weighted by molar-refractivity contribution is 6.35. The Kier molecular flexibility index (Phi) is 14.5. The van der Waals surface area contributed by atoms with E-state index in [1.807, 2.05) is 0 Å². The van der Waals surface area contributed by atoms with Gasteiger partial charge in [-0.3, -0.25) is 9.59 Å². The van der Waals surface area contributed by atoms with Crippen molar-refractivity contribution in [2.75, 3.05) is 66.5 Å². The van der Waals surface area contributed by atoms with Gasteiger partial charge in [0.25, 0.3) is 0 Å². The molecule has 0 spiro atoms. The van der Waals surface area contributed by atoms with E-state index >= 15 is 0 Å². The molecule has 0 aromatic heterocycles. The summed E-state index contributed by atoms with van der Waals surface area (Å²) < 4.78 is 2.02. The Labute approximate surface area is 205 Å². The van der Waals surface area contributed by atoms with Crippen LogP contribution < -0.4 is 58.6 Å². The first-order valence-corrected chi connectivity index (χ1v) is 10.7. The van der Waals surface area contributed by atoms with E-state index in [-0.39, 0.29) is 48.0 Å². The minimum atomic E-state index is -0.482. The quantitative estimate of drug-likeness (QED) is 0.178. The third-order valence-electron chi connectivity index (χ3n) is 6.37. The molecule has 166 valence electrons. The molecule has 2 amide bonds. The summed E-state index contributed by atoms with van der Waals surface area (Å²) in [5.41, 5.74) is 0. The fourth-order valence-corrected chi connectivity index (χ4v) is 4.39. The maximum Gasteiger partial charge on any atom is 0.309 e. The molecule has 6 nitrogen and oxygen atoms in total. The van der Waals surface area contributed by atoms with Crippen LogP contribution in [0.2, 0.25) is 0 Å². The zero-order valence-electron chi connectivity index (χ0n) is 17.8. The number of likely N-dealkylation sites (N-methyl/N-ethyl adjacent to an activating group) is 2. The van der Waals surface area contributed by atoms with E-state index in [2.05, 4.69) is 24.7 Å². The van der Waals surface area contributed by atoms with E-state index in [1.165, 1.54) is 77.5 Å². The molecule has 2 aliphatic heterocycles. The number of likely N-dealkylation sites (tertiary alicyclic amines) is 2. The van der Waals surface area contributed by atoms with Crippen molar-refractivity contribution in [3.05, 3.63) is 0 Å². The Morgan fingerprint density at radius 2 is 0.893 bits per heavy atom. The lowest BCUT2D eigenvalue weighted by Crippen LogP contribution is -3.00. The van der Waals surface area contributed by atoms with Crippen LogP contribution in [0, 0.1) is 0 Å². The number of halogens is 2. The van der Waals surface area contributed by atoms with Gasteiger partial charge in [0.2, 0.25) is 0 Å². The van der Waals surface area contributed by atoms with Gasteiger partial charge in [-0.25, -0.2) is 0 Å². The van der Waals surface area contributed by atoms with Crippen molar-refractivity contribution in [3.63, 3.8) is 0 Å². The average molecular weight is 622 g/mol. The summed E-state index contributed by atoms with van der Waals surface area (Å²) in [6, 6.07) is 0. The number of hydrogen-bond donors (Lipinski definition) is 2. The molecule has 0 atom stereocenters. The van der Waals surface area contributed by atoms with Crippen LogP contribution in [-0.2, 0) is 9.59 Å². The lowest BCUT2D eigenvalue weighted by atomic mass is 10.2. The van der Waals surface area contributed by atoms with Crippen LogP contribution in [-0.4, -0.2) is 87.2 Å². The van der Waals surface area contributed by atoms with Crippen LogP contribution in [0.5, 0.6) is 0 Å². The van der Waals surface area contributed by atoms with Gasteiger partial charge in [-0.2, -0.15) is 0 Å². The van der Waals surface area contributed by atoms with Crippen LogP contribution in [0.15, 0.2) is 0 Å². The molecule has 2 rings (SSSR count). The van der Waals surface area contributed by atoms with E-state index in [4.69, 9.17) is 0 Å². The minimum Gasteiger partial charge on any atom is -1.00 e. The Morgan fingerprint density at radius 1 is 0.607 bits per heavy atom. The Hall–Kier alpha value is 0.320. The number of quaternary nitrogens is 2. The first-order chi connectivity index (χ1) is 12.4. The summed E-state index contributed by atoms with van der Waals surface area (Å²) in [6.07, 6.45) is 10.3. The monoisotopic (exact) mass is 622 g/mol. The van der Waals surface area contributed by atoms with Gasteiger partial charge in [0.15, 0.2) is 0 Å². The Bertz CT molecular complexity index is 419. The molecule has 2 saturated heterocycles. The van der Waals surface area contributed by atoms with Crippen LogP contribution in [0.1, 0.15) is 51.4 Å². The molecule has 0 bridgehead atoms. The summed E-state index contributed by atoms with van der Waals surface area (Å²) in [7, 11) is 4.53. The number of rotatable bonds is 6. The molecule has 2 fully saturated rings. The molecule has 0 radical (unpaired) electrons. The predicted molar refractivity (Wildman–Crippen MR) is 105 cm³/mol. The van der Waals surface area contributed by atoms with Gasteiger partial charge in [-0.05, 0) is 51.4 Å². The van der Waals surface area contributed by atoms with E-state index in [1.54, 1.807) is 0 Å². The van der Waals surface area contributed by atoms with E-state index in [0.29, 0.717) is 13.1 Å². The Morgan fingerprint density at radius 3 is 1.18 bits per heavy atom. The second-order valence-corrected chi connectivity index (χ2v) is 8.92. The highest BCUT2D eigenvalue weighted by Gasteiger charge is 2.25. The van der Waals surface area contributed by atoms with Crippen molar-refractivity contribution in [1.29, 1.82) is 0 Å². The molecule has 0 saturated carbocycles. The molecule has 2 heterocycles. The van der Waals surface area contributed by atoms with Crippen molar-refractivity contribution in [2.24, 2.45) is 0 Å². The smallest absolute Gasteiger partial charge is 0.309 e. The van der Waals surface area contributed by atoms with E-state index in [9.17, 15) is 9.59 Å².